The van der Waals surface area contributed by atoms with Crippen molar-refractivity contribution in [3.8, 4) is 11.5 Å². The lowest BCUT2D eigenvalue weighted by Crippen LogP contribution is -2.04. The Labute approximate surface area is 115 Å². The van der Waals surface area contributed by atoms with Crippen molar-refractivity contribution >= 4 is 5.57 Å². The van der Waals surface area contributed by atoms with Gasteiger partial charge in [-0.3, -0.25) is 0 Å². The predicted octanol–water partition coefficient (Wildman–Crippen LogP) is 3.58. The molecule has 1 atom stereocenters. The number of aromatic hydroxyl groups is 2. The highest BCUT2D eigenvalue weighted by Crippen LogP contribution is 2.35. The average Bonchev–Trinajstić information content (AvgIpc) is 2.63. The van der Waals surface area contributed by atoms with E-state index < -0.39 is 5.83 Å². The molecule has 1 aliphatic heterocycles. The van der Waals surface area contributed by atoms with Crippen molar-refractivity contribution < 1.29 is 19.3 Å². The van der Waals surface area contributed by atoms with Crippen LogP contribution in [-0.2, 0) is 4.74 Å². The van der Waals surface area contributed by atoms with Gasteiger partial charge in [-0.2, -0.15) is 0 Å². The molecule has 0 saturated heterocycles. The molecule has 20 heavy (non-hydrogen) atoms. The Hall–Kier alpha value is -2.49. The Morgan fingerprint density at radius 3 is 2.75 bits per heavy atom. The Morgan fingerprint density at radius 2 is 1.95 bits per heavy atom. The molecule has 0 bridgehead atoms. The van der Waals surface area contributed by atoms with E-state index in [1.54, 1.807) is 19.1 Å². The normalized spacial score (nSPS) is 21.0. The van der Waals surface area contributed by atoms with Gasteiger partial charge in [-0.15, -0.1) is 0 Å². The van der Waals surface area contributed by atoms with E-state index >= 15 is 0 Å². The largest absolute Gasteiger partial charge is 0.508 e. The van der Waals surface area contributed by atoms with Crippen LogP contribution in [0, 0.1) is 0 Å². The molecule has 1 unspecified atom stereocenters. The zero-order chi connectivity index (χ0) is 14.3. The molecule has 4 heteroatoms. The maximum absolute atomic E-state index is 13.9. The van der Waals surface area contributed by atoms with Crippen LogP contribution < -0.4 is 0 Å². The van der Waals surface area contributed by atoms with E-state index in [-0.39, 0.29) is 17.6 Å². The summed E-state index contributed by atoms with van der Waals surface area (Å²) in [4.78, 5) is 0. The van der Waals surface area contributed by atoms with Crippen molar-refractivity contribution in [2.24, 2.45) is 0 Å². The molecule has 0 saturated carbocycles. The van der Waals surface area contributed by atoms with Gasteiger partial charge in [0, 0.05) is 11.1 Å². The van der Waals surface area contributed by atoms with Gasteiger partial charge in [0.1, 0.15) is 23.4 Å². The summed E-state index contributed by atoms with van der Waals surface area (Å²) in [5, 5.41) is 19.4. The number of phenols is 2. The first-order chi connectivity index (χ1) is 9.52. The van der Waals surface area contributed by atoms with Crippen molar-refractivity contribution in [3.63, 3.8) is 0 Å². The molecule has 3 rings (SSSR count). The van der Waals surface area contributed by atoms with E-state index in [1.165, 1.54) is 30.4 Å². The molecule has 0 radical (unpaired) electrons. The smallest absolute Gasteiger partial charge is 0.143 e. The van der Waals surface area contributed by atoms with Gasteiger partial charge < -0.3 is 14.9 Å². The lowest BCUT2D eigenvalue weighted by atomic mass is 10.0. The number of halogens is 1. The fourth-order valence-corrected chi connectivity index (χ4v) is 2.36. The fourth-order valence-electron chi connectivity index (χ4n) is 2.36. The molecule has 0 amide bonds. The van der Waals surface area contributed by atoms with Crippen molar-refractivity contribution in [1.29, 1.82) is 0 Å². The van der Waals surface area contributed by atoms with Crippen LogP contribution >= 0.6 is 0 Å². The number of fused-ring (bicyclic) bond motifs is 1. The number of benzene rings is 1. The topological polar surface area (TPSA) is 49.7 Å². The second-order valence-electron chi connectivity index (χ2n) is 4.79. The number of hydrogen-bond donors (Lipinski definition) is 2. The molecule has 2 N–H and O–H groups in total. The van der Waals surface area contributed by atoms with Gasteiger partial charge in [0.25, 0.3) is 0 Å². The summed E-state index contributed by atoms with van der Waals surface area (Å²) in [5.74, 6) is 0.272. The third kappa shape index (κ3) is 2.20. The summed E-state index contributed by atoms with van der Waals surface area (Å²) >= 11 is 0. The van der Waals surface area contributed by atoms with Crippen LogP contribution in [0.5, 0.6) is 11.5 Å². The monoisotopic (exact) mass is 272 g/mol. The summed E-state index contributed by atoms with van der Waals surface area (Å²) in [6.45, 7) is 1.80. The lowest BCUT2D eigenvalue weighted by molar-refractivity contribution is 0.206. The maximum atomic E-state index is 13.9. The zero-order valence-corrected chi connectivity index (χ0v) is 10.8. The quantitative estimate of drug-likeness (QED) is 0.768. The van der Waals surface area contributed by atoms with Crippen LogP contribution in [0.2, 0.25) is 0 Å². The van der Waals surface area contributed by atoms with Crippen molar-refractivity contribution in [1.82, 2.24) is 0 Å². The molecule has 0 spiro atoms. The SMILES string of the molecule is CC1=CC2=CC(F)=CC(c3cc(O)ccc3O)=CC2O1. The Bertz CT molecular complexity index is 696. The number of hydrogen-bond acceptors (Lipinski definition) is 3. The number of rotatable bonds is 1. The molecule has 0 fully saturated rings. The first kappa shape index (κ1) is 12.5. The second-order valence-corrected chi connectivity index (χ2v) is 4.79. The van der Waals surface area contributed by atoms with Crippen LogP contribution in [0.4, 0.5) is 4.39 Å². The summed E-state index contributed by atoms with van der Waals surface area (Å²) in [5.41, 5.74) is 1.56. The molecular formula is C16H13FO3. The molecule has 1 aromatic carbocycles. The minimum Gasteiger partial charge on any atom is -0.508 e. The maximum Gasteiger partial charge on any atom is 0.143 e. The molecule has 3 nitrogen and oxygen atoms in total. The van der Waals surface area contributed by atoms with Gasteiger partial charge >= 0.3 is 0 Å². The summed E-state index contributed by atoms with van der Waals surface area (Å²) < 4.78 is 19.5. The Balaban J connectivity index is 2.09. The van der Waals surface area contributed by atoms with Gasteiger partial charge in [-0.1, -0.05) is 0 Å². The van der Waals surface area contributed by atoms with E-state index in [0.29, 0.717) is 16.9 Å². The zero-order valence-electron chi connectivity index (χ0n) is 10.8. The van der Waals surface area contributed by atoms with Crippen LogP contribution in [0.25, 0.3) is 5.57 Å². The minimum atomic E-state index is -0.425. The van der Waals surface area contributed by atoms with E-state index in [1.807, 2.05) is 0 Å². The second kappa shape index (κ2) is 4.56. The fraction of sp³-hybridized carbons (Fsp3) is 0.125. The van der Waals surface area contributed by atoms with Crippen LogP contribution in [0.15, 0.2) is 59.7 Å². The highest BCUT2D eigenvalue weighted by molar-refractivity contribution is 5.80. The van der Waals surface area contributed by atoms with Gasteiger partial charge in [-0.25, -0.2) is 4.39 Å². The van der Waals surface area contributed by atoms with E-state index in [4.69, 9.17) is 4.74 Å². The van der Waals surface area contributed by atoms with E-state index in [2.05, 4.69) is 0 Å². The average molecular weight is 272 g/mol. The van der Waals surface area contributed by atoms with E-state index in [9.17, 15) is 14.6 Å². The molecule has 2 aliphatic rings. The Kier molecular flexibility index (Phi) is 2.86. The highest BCUT2D eigenvalue weighted by atomic mass is 19.1. The molecule has 1 aliphatic carbocycles. The highest BCUT2D eigenvalue weighted by Gasteiger charge is 2.23. The third-order valence-electron chi connectivity index (χ3n) is 3.23. The van der Waals surface area contributed by atoms with Gasteiger partial charge in [-0.05, 0) is 55.0 Å². The van der Waals surface area contributed by atoms with E-state index in [0.717, 1.165) is 5.57 Å². The van der Waals surface area contributed by atoms with Gasteiger partial charge in [0.2, 0.25) is 0 Å². The molecule has 102 valence electrons. The minimum absolute atomic E-state index is 0.00610. The third-order valence-corrected chi connectivity index (χ3v) is 3.23. The van der Waals surface area contributed by atoms with Crippen molar-refractivity contribution in [2.75, 3.05) is 0 Å². The Morgan fingerprint density at radius 1 is 1.15 bits per heavy atom. The number of ether oxygens (including phenoxy) is 1. The standard InChI is InChI=1S/C16H13FO3/c1-9-4-11-6-12(17)5-10(7-16(11)20-9)14-8-13(18)2-3-15(14)19/h2-8,16,18-19H,1H3. The summed E-state index contributed by atoms with van der Waals surface area (Å²) in [6, 6.07) is 4.14. The van der Waals surface area contributed by atoms with Crippen LogP contribution in [-0.4, -0.2) is 16.3 Å². The molecular weight excluding hydrogens is 259 g/mol. The number of allylic oxidation sites excluding steroid dienone is 5. The van der Waals surface area contributed by atoms with Crippen molar-refractivity contribution in [3.05, 3.63) is 65.2 Å². The summed E-state index contributed by atoms with van der Waals surface area (Å²) in [7, 11) is 0. The molecule has 1 aromatic rings. The lowest BCUT2D eigenvalue weighted by Gasteiger charge is -2.11. The number of phenolic OH excluding ortho intramolecular Hbond substituents is 2. The first-order valence-electron chi connectivity index (χ1n) is 6.21. The molecule has 0 aromatic heterocycles. The van der Waals surface area contributed by atoms with Gasteiger partial charge in [0.15, 0.2) is 0 Å². The van der Waals surface area contributed by atoms with Crippen LogP contribution in [0.3, 0.4) is 0 Å². The first-order valence-corrected chi connectivity index (χ1v) is 6.21. The van der Waals surface area contributed by atoms with Crippen molar-refractivity contribution in [2.45, 2.75) is 13.0 Å². The van der Waals surface area contributed by atoms with Gasteiger partial charge in [0.05, 0.1) is 5.76 Å². The predicted molar refractivity (Wildman–Crippen MR) is 73.7 cm³/mol. The van der Waals surface area contributed by atoms with Crippen LogP contribution in [0.1, 0.15) is 12.5 Å². The summed E-state index contributed by atoms with van der Waals surface area (Å²) in [6.07, 6.45) is 5.84. The molecule has 1 heterocycles.